The van der Waals surface area contributed by atoms with Crippen LogP contribution in [0.3, 0.4) is 0 Å². The Hall–Kier alpha value is -6.08. The molecule has 8 N–H and O–H groups in total. The fourth-order valence-corrected chi connectivity index (χ4v) is 8.92. The smallest absolute Gasteiger partial charge is 0.335 e. The lowest BCUT2D eigenvalue weighted by Gasteiger charge is -2.28. The second-order valence-corrected chi connectivity index (χ2v) is 18.7. The molecule has 2 unspecified atom stereocenters. The van der Waals surface area contributed by atoms with Crippen LogP contribution in [0.1, 0.15) is 85.0 Å². The van der Waals surface area contributed by atoms with E-state index in [4.69, 9.17) is 30.4 Å². The second kappa shape index (κ2) is 23.8. The molecule has 0 amide bonds. The summed E-state index contributed by atoms with van der Waals surface area (Å²) < 4.78 is 0. The highest BCUT2D eigenvalue weighted by atomic mass is 16.4. The monoisotopic (exact) mass is 935 g/mol. The number of hydrogen-bond donors (Lipinski definition) is 8. The van der Waals surface area contributed by atoms with Gasteiger partial charge in [-0.05, 0) is 179 Å². The van der Waals surface area contributed by atoms with E-state index in [-0.39, 0.29) is 0 Å². The molecular formula is C50H70N12O6. The van der Waals surface area contributed by atoms with E-state index in [9.17, 15) is 9.59 Å². The summed E-state index contributed by atoms with van der Waals surface area (Å²) in [6.45, 7) is 19.3. The molecule has 2 aromatic carbocycles. The first-order valence-electron chi connectivity index (χ1n) is 23.7. The maximum atomic E-state index is 9.77. The topological polar surface area (TPSA) is 255 Å². The highest BCUT2D eigenvalue weighted by Gasteiger charge is 2.29. The summed E-state index contributed by atoms with van der Waals surface area (Å²) in [5, 5.41) is 39.3. The van der Waals surface area contributed by atoms with Crippen LogP contribution in [0.25, 0.3) is 44.8 Å². The summed E-state index contributed by atoms with van der Waals surface area (Å²) in [5.74, 6) is 1.29. The number of carbonyl (C=O) groups is 2. The van der Waals surface area contributed by atoms with Crippen molar-refractivity contribution in [2.24, 2.45) is 11.8 Å². The molecule has 2 fully saturated rings. The summed E-state index contributed by atoms with van der Waals surface area (Å²) >= 11 is 0. The number of piperidine rings is 2. The van der Waals surface area contributed by atoms with Crippen molar-refractivity contribution in [1.82, 2.24) is 49.7 Å². The van der Waals surface area contributed by atoms with Gasteiger partial charge in [-0.2, -0.15) is 0 Å². The van der Waals surface area contributed by atoms with Gasteiger partial charge in [-0.25, -0.2) is 39.5 Å². The van der Waals surface area contributed by atoms with Crippen LogP contribution < -0.4 is 10.6 Å². The quantitative estimate of drug-likeness (QED) is 0.0491. The number of aliphatic carboxylic acids is 2. The number of carboxylic acids is 2. The average molecular weight is 935 g/mol. The molecule has 18 heteroatoms. The minimum absolute atomic E-state index is 0.706. The van der Waals surface area contributed by atoms with E-state index in [1.807, 2.05) is 26.2 Å². The number of fused-ring (bicyclic) bond motifs is 2. The van der Waals surface area contributed by atoms with E-state index >= 15 is 0 Å². The molecule has 0 spiro atoms. The van der Waals surface area contributed by atoms with Crippen LogP contribution in [0.2, 0.25) is 0 Å². The second-order valence-electron chi connectivity index (χ2n) is 18.7. The van der Waals surface area contributed by atoms with Gasteiger partial charge in [-0.1, -0.05) is 12.1 Å². The number of aliphatic hydroxyl groups is 2. The molecule has 6 heterocycles. The normalized spacial score (nSPS) is 15.9. The van der Waals surface area contributed by atoms with Gasteiger partial charge in [0.15, 0.2) is 12.2 Å². The third-order valence-electron chi connectivity index (χ3n) is 12.9. The van der Waals surface area contributed by atoms with Gasteiger partial charge in [0.25, 0.3) is 0 Å². The average Bonchev–Trinajstić information content (AvgIpc) is 3.93. The number of carboxylic acid groups (broad SMARTS) is 2. The first kappa shape index (κ1) is 51.3. The molecule has 2 atom stereocenters. The Bertz CT molecular complexity index is 2450. The minimum atomic E-state index is -2.27. The van der Waals surface area contributed by atoms with E-state index in [0.29, 0.717) is 11.9 Å². The molecule has 0 aliphatic carbocycles. The first-order valence-corrected chi connectivity index (χ1v) is 23.7. The number of aliphatic hydroxyl groups excluding tert-OH is 2. The Balaban J connectivity index is 0.000000187. The number of nitrogens with zero attached hydrogens (tertiary/aromatic N) is 8. The largest absolute Gasteiger partial charge is 0.479 e. The summed E-state index contributed by atoms with van der Waals surface area (Å²) in [4.78, 5) is 59.2. The maximum Gasteiger partial charge on any atom is 0.335 e. The fraction of sp³-hybridized carbons (Fsp3) is 0.520. The number of aromatic nitrogens is 8. The van der Waals surface area contributed by atoms with Crippen LogP contribution >= 0.6 is 0 Å². The number of aromatic amines is 2. The van der Waals surface area contributed by atoms with Crippen LogP contribution in [-0.4, -0.2) is 148 Å². The van der Waals surface area contributed by atoms with Crippen molar-refractivity contribution in [3.63, 3.8) is 0 Å². The standard InChI is InChI=1S/2C23H32N6.C4H6O6/c2*1-15-12-16(2)21-20(13-15)27-22(28-21)19-14-25-23(26-17(19)3)24-9-5-6-18-7-10-29(4)11-8-18;5-1(3(7)8)2(6)4(9)10/h2*12-14,18H,5-11H2,1-4H3,(H,27,28)(H,24,25,26);1-2,5-6H,(H,7,8)(H,9,10). The Morgan fingerprint density at radius 3 is 1.32 bits per heavy atom. The van der Waals surface area contributed by atoms with E-state index in [0.717, 1.165) is 81.2 Å². The van der Waals surface area contributed by atoms with Gasteiger partial charge in [-0.15, -0.1) is 0 Å². The number of hydrogen-bond acceptors (Lipinski definition) is 14. The molecule has 8 rings (SSSR count). The number of imidazole rings is 2. The summed E-state index contributed by atoms with van der Waals surface area (Å²) in [5.41, 5.74) is 12.8. The molecule has 366 valence electrons. The molecule has 18 nitrogen and oxygen atoms in total. The zero-order valence-electron chi connectivity index (χ0n) is 40.9. The zero-order valence-corrected chi connectivity index (χ0v) is 40.9. The fourth-order valence-electron chi connectivity index (χ4n) is 8.92. The third kappa shape index (κ3) is 14.0. The molecule has 2 saturated heterocycles. The van der Waals surface area contributed by atoms with E-state index < -0.39 is 24.1 Å². The van der Waals surface area contributed by atoms with Crippen molar-refractivity contribution in [3.05, 3.63) is 70.3 Å². The molecule has 2 aliphatic heterocycles. The van der Waals surface area contributed by atoms with E-state index in [1.54, 1.807) is 0 Å². The third-order valence-corrected chi connectivity index (χ3v) is 12.9. The van der Waals surface area contributed by atoms with Crippen LogP contribution in [0.4, 0.5) is 11.9 Å². The lowest BCUT2D eigenvalue weighted by atomic mass is 9.92. The van der Waals surface area contributed by atoms with Gasteiger partial charge in [0.1, 0.15) is 11.6 Å². The van der Waals surface area contributed by atoms with Crippen LogP contribution in [-0.2, 0) is 9.59 Å². The number of nitrogens with one attached hydrogen (secondary N) is 4. The number of aryl methyl sites for hydroxylation is 6. The Kier molecular flexibility index (Phi) is 17.9. The Morgan fingerprint density at radius 1 is 0.618 bits per heavy atom. The van der Waals surface area contributed by atoms with Crippen LogP contribution in [0.15, 0.2) is 36.7 Å². The summed E-state index contributed by atoms with van der Waals surface area (Å²) in [7, 11) is 4.43. The summed E-state index contributed by atoms with van der Waals surface area (Å²) in [6.07, 6.45) is 9.45. The SMILES string of the molecule is Cc1cc(C)c2nc(-c3cnc(NCCCC4CCN(C)CC4)nc3C)[nH]c2c1.Cc1cc(C)c2nc(-c3cnc(NCCCC4CCN(C)CC4)nc3C)[nH]c2c1.O=C(O)C(O)C(O)C(=O)O. The van der Waals surface area contributed by atoms with Gasteiger partial charge in [-0.3, -0.25) is 0 Å². The van der Waals surface area contributed by atoms with Crippen molar-refractivity contribution < 1.29 is 30.0 Å². The highest BCUT2D eigenvalue weighted by Crippen LogP contribution is 2.28. The Morgan fingerprint density at radius 2 is 0.985 bits per heavy atom. The lowest BCUT2D eigenvalue weighted by molar-refractivity contribution is -0.165. The van der Waals surface area contributed by atoms with Crippen molar-refractivity contribution >= 4 is 45.9 Å². The van der Waals surface area contributed by atoms with Crippen molar-refractivity contribution in [3.8, 4) is 22.8 Å². The van der Waals surface area contributed by atoms with Gasteiger partial charge in [0, 0.05) is 25.5 Å². The van der Waals surface area contributed by atoms with Gasteiger partial charge < -0.3 is 50.8 Å². The Labute approximate surface area is 398 Å². The number of rotatable bonds is 15. The van der Waals surface area contributed by atoms with Gasteiger partial charge >= 0.3 is 11.9 Å². The number of H-pyrrole nitrogens is 2. The molecule has 2 aliphatic rings. The van der Waals surface area contributed by atoms with Crippen molar-refractivity contribution in [1.29, 1.82) is 0 Å². The molecule has 0 bridgehead atoms. The maximum absolute atomic E-state index is 9.77. The molecule has 0 radical (unpaired) electrons. The van der Waals surface area contributed by atoms with E-state index in [2.05, 4.69) is 116 Å². The lowest BCUT2D eigenvalue weighted by Crippen LogP contribution is -2.39. The van der Waals surface area contributed by atoms with Crippen molar-refractivity contribution in [2.45, 2.75) is 105 Å². The van der Waals surface area contributed by atoms with Crippen LogP contribution in [0, 0.1) is 53.4 Å². The van der Waals surface area contributed by atoms with E-state index in [1.165, 1.54) is 99.8 Å². The molecule has 4 aromatic heterocycles. The number of anilines is 2. The van der Waals surface area contributed by atoms with Crippen molar-refractivity contribution in [2.75, 3.05) is 64.0 Å². The zero-order chi connectivity index (χ0) is 49.1. The minimum Gasteiger partial charge on any atom is -0.479 e. The molecule has 0 saturated carbocycles. The molecular weight excluding hydrogens is 865 g/mol. The highest BCUT2D eigenvalue weighted by molar-refractivity contribution is 5.85. The van der Waals surface area contributed by atoms with Gasteiger partial charge in [0.2, 0.25) is 11.9 Å². The predicted octanol–water partition coefficient (Wildman–Crippen LogP) is 6.84. The van der Waals surface area contributed by atoms with Crippen LogP contribution in [0.5, 0.6) is 0 Å². The number of likely N-dealkylation sites (tertiary alicyclic amines) is 2. The molecule has 6 aromatic rings. The first-order chi connectivity index (χ1) is 32.4. The summed E-state index contributed by atoms with van der Waals surface area (Å²) in [6, 6.07) is 8.59. The van der Waals surface area contributed by atoms with Gasteiger partial charge in [0.05, 0.1) is 44.6 Å². The molecule has 68 heavy (non-hydrogen) atoms. The predicted molar refractivity (Wildman–Crippen MR) is 266 cm³/mol. The number of benzene rings is 2.